The summed E-state index contributed by atoms with van der Waals surface area (Å²) in [6.07, 6.45) is 0.0294. The SMILES string of the molecule is O=c1[nH]c2cc(C(O)CCS)ccc2o1. The largest absolute Gasteiger partial charge is 0.417 e. The van der Waals surface area contributed by atoms with Crippen molar-refractivity contribution in [2.24, 2.45) is 0 Å². The van der Waals surface area contributed by atoms with Gasteiger partial charge in [-0.15, -0.1) is 0 Å². The minimum absolute atomic E-state index is 0.481. The first-order chi connectivity index (χ1) is 7.20. The van der Waals surface area contributed by atoms with Gasteiger partial charge in [-0.2, -0.15) is 12.6 Å². The van der Waals surface area contributed by atoms with E-state index in [0.29, 0.717) is 23.3 Å². The summed E-state index contributed by atoms with van der Waals surface area (Å²) in [4.78, 5) is 13.4. The molecule has 0 saturated heterocycles. The van der Waals surface area contributed by atoms with Crippen LogP contribution in [0.3, 0.4) is 0 Å². The molecule has 2 rings (SSSR count). The van der Waals surface area contributed by atoms with E-state index in [2.05, 4.69) is 17.6 Å². The van der Waals surface area contributed by atoms with Crippen molar-refractivity contribution in [2.45, 2.75) is 12.5 Å². The van der Waals surface area contributed by atoms with E-state index < -0.39 is 11.9 Å². The molecule has 5 heteroatoms. The fourth-order valence-electron chi connectivity index (χ4n) is 1.47. The van der Waals surface area contributed by atoms with Crippen LogP contribution in [0.25, 0.3) is 11.1 Å². The Morgan fingerprint density at radius 1 is 1.53 bits per heavy atom. The first-order valence-corrected chi connectivity index (χ1v) is 5.25. The second-order valence-corrected chi connectivity index (χ2v) is 3.75. The molecule has 1 heterocycles. The summed E-state index contributed by atoms with van der Waals surface area (Å²) in [5.74, 6) is 0.132. The molecular weight excluding hydrogens is 214 g/mol. The Balaban J connectivity index is 2.41. The molecule has 1 aromatic carbocycles. The molecule has 0 amide bonds. The second kappa shape index (κ2) is 4.12. The van der Waals surface area contributed by atoms with Crippen LogP contribution in [0.1, 0.15) is 18.1 Å². The maximum absolute atomic E-state index is 10.9. The van der Waals surface area contributed by atoms with Crippen molar-refractivity contribution in [3.05, 3.63) is 34.3 Å². The van der Waals surface area contributed by atoms with Crippen LogP contribution >= 0.6 is 12.6 Å². The van der Waals surface area contributed by atoms with Crippen molar-refractivity contribution in [2.75, 3.05) is 5.75 Å². The minimum Gasteiger partial charge on any atom is -0.408 e. The van der Waals surface area contributed by atoms with E-state index in [1.807, 2.05) is 0 Å². The normalized spacial score (nSPS) is 13.2. The number of aromatic amines is 1. The summed E-state index contributed by atoms with van der Waals surface area (Å²) < 4.78 is 4.85. The molecule has 4 nitrogen and oxygen atoms in total. The van der Waals surface area contributed by atoms with E-state index in [1.165, 1.54) is 0 Å². The third-order valence-corrected chi connectivity index (χ3v) is 2.49. The number of oxazole rings is 1. The summed E-state index contributed by atoms with van der Waals surface area (Å²) in [6.45, 7) is 0. The maximum Gasteiger partial charge on any atom is 0.417 e. The molecule has 1 aromatic heterocycles. The number of hydrogen-bond acceptors (Lipinski definition) is 4. The van der Waals surface area contributed by atoms with Crippen molar-refractivity contribution in [3.8, 4) is 0 Å². The first-order valence-electron chi connectivity index (χ1n) is 4.62. The summed E-state index contributed by atoms with van der Waals surface area (Å²) in [5.41, 5.74) is 1.87. The van der Waals surface area contributed by atoms with Gasteiger partial charge in [0.1, 0.15) is 0 Å². The summed E-state index contributed by atoms with van der Waals surface area (Å²) in [5, 5.41) is 9.72. The van der Waals surface area contributed by atoms with Gasteiger partial charge in [-0.05, 0) is 29.9 Å². The average molecular weight is 225 g/mol. The fourth-order valence-corrected chi connectivity index (χ4v) is 1.71. The smallest absolute Gasteiger partial charge is 0.408 e. The van der Waals surface area contributed by atoms with Gasteiger partial charge in [-0.25, -0.2) is 4.79 Å². The van der Waals surface area contributed by atoms with Gasteiger partial charge in [0.15, 0.2) is 5.58 Å². The zero-order chi connectivity index (χ0) is 10.8. The molecule has 0 radical (unpaired) electrons. The number of thiol groups is 1. The molecule has 0 aliphatic heterocycles. The van der Waals surface area contributed by atoms with Gasteiger partial charge in [-0.1, -0.05) is 6.07 Å². The van der Waals surface area contributed by atoms with Crippen LogP contribution in [0.4, 0.5) is 0 Å². The van der Waals surface area contributed by atoms with E-state index in [0.717, 1.165) is 5.56 Å². The van der Waals surface area contributed by atoms with Gasteiger partial charge in [-0.3, -0.25) is 4.98 Å². The summed E-state index contributed by atoms with van der Waals surface area (Å²) in [6, 6.07) is 5.13. The highest BCUT2D eigenvalue weighted by Crippen LogP contribution is 2.20. The van der Waals surface area contributed by atoms with E-state index in [1.54, 1.807) is 18.2 Å². The Labute approximate surface area is 91.3 Å². The number of hydrogen-bond donors (Lipinski definition) is 3. The Bertz CT molecular complexity index is 517. The molecule has 0 saturated carbocycles. The molecule has 0 bridgehead atoms. The zero-order valence-corrected chi connectivity index (χ0v) is 8.83. The van der Waals surface area contributed by atoms with E-state index >= 15 is 0 Å². The van der Waals surface area contributed by atoms with Gasteiger partial charge in [0.25, 0.3) is 0 Å². The van der Waals surface area contributed by atoms with E-state index in [9.17, 15) is 9.90 Å². The zero-order valence-electron chi connectivity index (χ0n) is 7.93. The predicted octanol–water partition coefficient (Wildman–Crippen LogP) is 1.47. The number of aliphatic hydroxyl groups is 1. The molecule has 80 valence electrons. The molecule has 2 N–H and O–H groups in total. The van der Waals surface area contributed by atoms with Crippen molar-refractivity contribution < 1.29 is 9.52 Å². The molecular formula is C10H11NO3S. The van der Waals surface area contributed by atoms with Crippen LogP contribution in [0.5, 0.6) is 0 Å². The quantitative estimate of drug-likeness (QED) is 0.693. The Morgan fingerprint density at radius 2 is 2.33 bits per heavy atom. The van der Waals surface area contributed by atoms with Gasteiger partial charge < -0.3 is 9.52 Å². The van der Waals surface area contributed by atoms with Crippen LogP contribution in [0.2, 0.25) is 0 Å². The van der Waals surface area contributed by atoms with Crippen molar-refractivity contribution in [1.29, 1.82) is 0 Å². The fraction of sp³-hybridized carbons (Fsp3) is 0.300. The maximum atomic E-state index is 10.9. The highest BCUT2D eigenvalue weighted by atomic mass is 32.1. The number of H-pyrrole nitrogens is 1. The molecule has 1 atom stereocenters. The second-order valence-electron chi connectivity index (χ2n) is 3.30. The number of aromatic nitrogens is 1. The van der Waals surface area contributed by atoms with Crippen molar-refractivity contribution in [1.82, 2.24) is 4.98 Å². The van der Waals surface area contributed by atoms with E-state index in [4.69, 9.17) is 4.42 Å². The number of aliphatic hydroxyl groups excluding tert-OH is 1. The standard InChI is InChI=1S/C10H11NO3S/c12-8(3-4-15)6-1-2-9-7(5-6)11-10(13)14-9/h1-2,5,8,12,15H,3-4H2,(H,11,13). The first kappa shape index (κ1) is 10.3. The summed E-state index contributed by atoms with van der Waals surface area (Å²) >= 11 is 4.05. The monoisotopic (exact) mass is 225 g/mol. The highest BCUT2D eigenvalue weighted by Gasteiger charge is 2.08. The van der Waals surface area contributed by atoms with Crippen molar-refractivity contribution in [3.63, 3.8) is 0 Å². The van der Waals surface area contributed by atoms with Gasteiger partial charge in [0.05, 0.1) is 11.6 Å². The van der Waals surface area contributed by atoms with Gasteiger partial charge in [0, 0.05) is 0 Å². The van der Waals surface area contributed by atoms with Crippen LogP contribution in [0, 0.1) is 0 Å². The molecule has 0 aliphatic carbocycles. The molecule has 0 fully saturated rings. The lowest BCUT2D eigenvalue weighted by Gasteiger charge is -2.08. The Hall–Kier alpha value is -1.20. The average Bonchev–Trinajstić information content (AvgIpc) is 2.57. The van der Waals surface area contributed by atoms with Crippen LogP contribution in [-0.2, 0) is 0 Å². The summed E-state index contributed by atoms with van der Waals surface area (Å²) in [7, 11) is 0. The van der Waals surface area contributed by atoms with Gasteiger partial charge in [0.2, 0.25) is 0 Å². The molecule has 15 heavy (non-hydrogen) atoms. The third kappa shape index (κ3) is 2.08. The number of benzene rings is 1. The number of fused-ring (bicyclic) bond motifs is 1. The topological polar surface area (TPSA) is 66.2 Å². The minimum atomic E-state index is -0.551. The Morgan fingerprint density at radius 3 is 3.07 bits per heavy atom. The lowest BCUT2D eigenvalue weighted by atomic mass is 10.1. The third-order valence-electron chi connectivity index (χ3n) is 2.23. The van der Waals surface area contributed by atoms with E-state index in [-0.39, 0.29) is 0 Å². The molecule has 2 aromatic rings. The van der Waals surface area contributed by atoms with Crippen molar-refractivity contribution >= 4 is 23.7 Å². The molecule has 0 aliphatic rings. The predicted molar refractivity (Wildman–Crippen MR) is 60.3 cm³/mol. The lowest BCUT2D eigenvalue weighted by molar-refractivity contribution is 0.175. The highest BCUT2D eigenvalue weighted by molar-refractivity contribution is 7.80. The molecule has 0 spiro atoms. The lowest BCUT2D eigenvalue weighted by Crippen LogP contribution is -1.98. The number of rotatable bonds is 3. The number of nitrogens with one attached hydrogen (secondary N) is 1. The molecule has 1 unspecified atom stereocenters. The van der Waals surface area contributed by atoms with Crippen LogP contribution in [0.15, 0.2) is 27.4 Å². The van der Waals surface area contributed by atoms with Crippen LogP contribution < -0.4 is 5.76 Å². The Kier molecular flexibility index (Phi) is 2.83. The van der Waals surface area contributed by atoms with Gasteiger partial charge >= 0.3 is 5.76 Å². The van der Waals surface area contributed by atoms with Crippen LogP contribution in [-0.4, -0.2) is 15.8 Å².